The van der Waals surface area contributed by atoms with E-state index in [0.717, 1.165) is 0 Å². The van der Waals surface area contributed by atoms with Gasteiger partial charge < -0.3 is 10.2 Å². The molecule has 1 saturated carbocycles. The van der Waals surface area contributed by atoms with Gasteiger partial charge in [0.1, 0.15) is 10.7 Å². The molecule has 1 aliphatic rings. The van der Waals surface area contributed by atoms with E-state index in [9.17, 15) is 8.42 Å². The molecule has 0 bridgehead atoms. The van der Waals surface area contributed by atoms with E-state index in [1.54, 1.807) is 0 Å². The van der Waals surface area contributed by atoms with Crippen molar-refractivity contribution in [3.05, 3.63) is 17.3 Å². The van der Waals surface area contributed by atoms with Gasteiger partial charge in [-0.1, -0.05) is 11.6 Å². The topological polar surface area (TPSA) is 74.3 Å². The van der Waals surface area contributed by atoms with Gasteiger partial charge in [-0.25, -0.2) is 18.1 Å². The molecule has 118 valence electrons. The first kappa shape index (κ1) is 16.5. The van der Waals surface area contributed by atoms with Gasteiger partial charge in [-0.2, -0.15) is 0 Å². The third-order valence-corrected chi connectivity index (χ3v) is 5.11. The lowest BCUT2D eigenvalue weighted by atomic mass is 10.4. The first-order valence-electron chi connectivity index (χ1n) is 7.03. The second-order valence-electron chi connectivity index (χ2n) is 5.14. The van der Waals surface area contributed by atoms with Crippen LogP contribution in [-0.4, -0.2) is 51.0 Å². The molecule has 21 heavy (non-hydrogen) atoms. The van der Waals surface area contributed by atoms with Gasteiger partial charge in [-0.05, 0) is 32.9 Å². The average molecular weight is 333 g/mol. The molecular formula is C13H21ClN4O2S. The lowest BCUT2D eigenvalue weighted by molar-refractivity contribution is 0.329. The molecular weight excluding hydrogens is 312 g/mol. The summed E-state index contributed by atoms with van der Waals surface area (Å²) in [5.74, 6) is 0.492. The molecule has 0 unspecified atom stereocenters. The Labute approximate surface area is 130 Å². The number of sulfonamides is 1. The zero-order valence-corrected chi connectivity index (χ0v) is 13.8. The predicted molar refractivity (Wildman–Crippen MR) is 84.3 cm³/mol. The summed E-state index contributed by atoms with van der Waals surface area (Å²) in [4.78, 5) is 6.30. The summed E-state index contributed by atoms with van der Waals surface area (Å²) >= 11 is 6.02. The van der Waals surface area contributed by atoms with Gasteiger partial charge in [0.15, 0.2) is 0 Å². The molecule has 1 aromatic heterocycles. The molecule has 0 atom stereocenters. The highest BCUT2D eigenvalue weighted by Crippen LogP contribution is 2.25. The average Bonchev–Trinajstić information content (AvgIpc) is 3.25. The minimum Gasteiger partial charge on any atom is -0.369 e. The molecule has 2 rings (SSSR count). The van der Waals surface area contributed by atoms with Crippen molar-refractivity contribution < 1.29 is 8.42 Å². The first-order valence-corrected chi connectivity index (χ1v) is 8.89. The van der Waals surface area contributed by atoms with E-state index in [1.165, 1.54) is 25.1 Å². The standard InChI is InChI=1S/C13H21ClN4O2S/c1-3-15-13-12(14)8-11(9-16-13)21(19,20)17-6-7-18(2)10-4-5-10/h8-10,17H,3-7H2,1-2H3,(H,15,16). The third-order valence-electron chi connectivity index (χ3n) is 3.40. The van der Waals surface area contributed by atoms with Crippen LogP contribution in [0.15, 0.2) is 17.2 Å². The van der Waals surface area contributed by atoms with Crippen molar-refractivity contribution in [1.29, 1.82) is 0 Å². The lowest BCUT2D eigenvalue weighted by Gasteiger charge is -2.16. The minimum atomic E-state index is -3.57. The number of nitrogens with one attached hydrogen (secondary N) is 2. The van der Waals surface area contributed by atoms with Crippen LogP contribution in [0.4, 0.5) is 5.82 Å². The Bertz CT molecular complexity index is 590. The Balaban J connectivity index is 1.96. The first-order chi connectivity index (χ1) is 9.94. The van der Waals surface area contributed by atoms with Gasteiger partial charge >= 0.3 is 0 Å². The number of aromatic nitrogens is 1. The highest BCUT2D eigenvalue weighted by atomic mass is 35.5. The highest BCUT2D eigenvalue weighted by Gasteiger charge is 2.26. The number of anilines is 1. The van der Waals surface area contributed by atoms with Crippen molar-refractivity contribution in [3.8, 4) is 0 Å². The Hall–Kier alpha value is -0.890. The number of rotatable bonds is 8. The molecule has 1 aromatic rings. The molecule has 1 fully saturated rings. The van der Waals surface area contributed by atoms with Gasteiger partial charge in [0.05, 0.1) is 5.02 Å². The zero-order valence-electron chi connectivity index (χ0n) is 12.3. The second kappa shape index (κ2) is 6.91. The summed E-state index contributed by atoms with van der Waals surface area (Å²) in [6.45, 7) is 3.66. The number of pyridine rings is 1. The lowest BCUT2D eigenvalue weighted by Crippen LogP contribution is -2.34. The molecule has 0 aliphatic heterocycles. The summed E-state index contributed by atoms with van der Waals surface area (Å²) in [5, 5.41) is 3.27. The Morgan fingerprint density at radius 1 is 1.48 bits per heavy atom. The normalized spacial score (nSPS) is 15.4. The molecule has 2 N–H and O–H groups in total. The van der Waals surface area contributed by atoms with Crippen LogP contribution < -0.4 is 10.0 Å². The smallest absolute Gasteiger partial charge is 0.242 e. The third kappa shape index (κ3) is 4.54. The van der Waals surface area contributed by atoms with Crippen molar-refractivity contribution >= 4 is 27.4 Å². The number of halogens is 1. The van der Waals surface area contributed by atoms with E-state index in [1.807, 2.05) is 14.0 Å². The Morgan fingerprint density at radius 2 is 2.19 bits per heavy atom. The van der Waals surface area contributed by atoms with Crippen molar-refractivity contribution in [2.24, 2.45) is 0 Å². The van der Waals surface area contributed by atoms with Gasteiger partial charge in [0.25, 0.3) is 0 Å². The van der Waals surface area contributed by atoms with E-state index in [-0.39, 0.29) is 4.90 Å². The molecule has 0 amide bonds. The predicted octanol–water partition coefficient (Wildman–Crippen LogP) is 1.54. The van der Waals surface area contributed by atoms with Crippen LogP contribution in [-0.2, 0) is 10.0 Å². The maximum atomic E-state index is 12.2. The van der Waals surface area contributed by atoms with Gasteiger partial charge in [-0.15, -0.1) is 0 Å². The van der Waals surface area contributed by atoms with Crippen LogP contribution in [0.25, 0.3) is 0 Å². The van der Waals surface area contributed by atoms with Crippen LogP contribution in [0.2, 0.25) is 5.02 Å². The second-order valence-corrected chi connectivity index (χ2v) is 7.32. The summed E-state index contributed by atoms with van der Waals surface area (Å²) in [5.41, 5.74) is 0. The number of likely N-dealkylation sites (N-methyl/N-ethyl adjacent to an activating group) is 1. The SMILES string of the molecule is CCNc1ncc(S(=O)(=O)NCCN(C)C2CC2)cc1Cl. The van der Waals surface area contributed by atoms with E-state index in [0.29, 0.717) is 36.5 Å². The van der Waals surface area contributed by atoms with Crippen molar-refractivity contribution in [2.75, 3.05) is 32.0 Å². The van der Waals surface area contributed by atoms with Crippen LogP contribution in [0.5, 0.6) is 0 Å². The largest absolute Gasteiger partial charge is 0.369 e. The highest BCUT2D eigenvalue weighted by molar-refractivity contribution is 7.89. The number of nitrogens with zero attached hydrogens (tertiary/aromatic N) is 2. The Morgan fingerprint density at radius 3 is 2.76 bits per heavy atom. The van der Waals surface area contributed by atoms with Crippen LogP contribution in [0, 0.1) is 0 Å². The van der Waals surface area contributed by atoms with Crippen molar-refractivity contribution in [3.63, 3.8) is 0 Å². The summed E-state index contributed by atoms with van der Waals surface area (Å²) in [6.07, 6.45) is 3.72. The van der Waals surface area contributed by atoms with E-state index in [4.69, 9.17) is 11.6 Å². The van der Waals surface area contributed by atoms with Gasteiger partial charge in [0.2, 0.25) is 10.0 Å². The maximum Gasteiger partial charge on any atom is 0.242 e. The fourth-order valence-electron chi connectivity index (χ4n) is 2.00. The van der Waals surface area contributed by atoms with E-state index >= 15 is 0 Å². The molecule has 0 spiro atoms. The van der Waals surface area contributed by atoms with Crippen LogP contribution >= 0.6 is 11.6 Å². The van der Waals surface area contributed by atoms with Gasteiger partial charge in [-0.3, -0.25) is 0 Å². The molecule has 1 heterocycles. The maximum absolute atomic E-state index is 12.2. The van der Waals surface area contributed by atoms with E-state index in [2.05, 4.69) is 19.9 Å². The fraction of sp³-hybridized carbons (Fsp3) is 0.615. The minimum absolute atomic E-state index is 0.0863. The Kier molecular flexibility index (Phi) is 5.43. The number of hydrogen-bond acceptors (Lipinski definition) is 5. The fourth-order valence-corrected chi connectivity index (χ4v) is 3.29. The van der Waals surface area contributed by atoms with Crippen LogP contribution in [0.1, 0.15) is 19.8 Å². The quantitative estimate of drug-likeness (QED) is 0.755. The number of hydrogen-bond donors (Lipinski definition) is 2. The van der Waals surface area contributed by atoms with E-state index < -0.39 is 10.0 Å². The molecule has 8 heteroatoms. The molecule has 0 aromatic carbocycles. The summed E-state index contributed by atoms with van der Waals surface area (Å²) in [6, 6.07) is 2.03. The summed E-state index contributed by atoms with van der Waals surface area (Å²) in [7, 11) is -1.56. The van der Waals surface area contributed by atoms with Crippen molar-refractivity contribution in [2.45, 2.75) is 30.7 Å². The van der Waals surface area contributed by atoms with Gasteiger partial charge in [0, 0.05) is 31.9 Å². The monoisotopic (exact) mass is 332 g/mol. The molecule has 0 radical (unpaired) electrons. The molecule has 1 aliphatic carbocycles. The van der Waals surface area contributed by atoms with Crippen molar-refractivity contribution in [1.82, 2.24) is 14.6 Å². The molecule has 6 nitrogen and oxygen atoms in total. The summed E-state index contributed by atoms with van der Waals surface area (Å²) < 4.78 is 26.9. The van der Waals surface area contributed by atoms with Crippen LogP contribution in [0.3, 0.4) is 0 Å². The zero-order chi connectivity index (χ0) is 15.5. The molecule has 0 saturated heterocycles.